The molecule has 1 saturated heterocycles. The second-order valence-corrected chi connectivity index (χ2v) is 8.62. The lowest BCUT2D eigenvalue weighted by Crippen LogP contribution is -2.54. The van der Waals surface area contributed by atoms with Crippen molar-refractivity contribution in [1.29, 1.82) is 0 Å². The molecule has 3 aliphatic rings. The molecule has 6 nitrogen and oxygen atoms in total. The normalized spacial score (nSPS) is 29.6. The van der Waals surface area contributed by atoms with Gasteiger partial charge in [0, 0.05) is 25.6 Å². The summed E-state index contributed by atoms with van der Waals surface area (Å²) in [6, 6.07) is 7.73. The Morgan fingerprint density at radius 1 is 1.15 bits per heavy atom. The number of rotatable bonds is 2. The molecule has 140 valence electrons. The topological polar surface area (TPSA) is 70.7 Å². The number of hydrogen-bond acceptors (Lipinski definition) is 4. The van der Waals surface area contributed by atoms with Gasteiger partial charge in [0.1, 0.15) is 11.6 Å². The molecule has 0 radical (unpaired) electrons. The quantitative estimate of drug-likeness (QED) is 0.845. The van der Waals surface area contributed by atoms with Crippen molar-refractivity contribution in [2.75, 3.05) is 13.1 Å². The lowest BCUT2D eigenvalue weighted by atomic mass is 9.93. The van der Waals surface area contributed by atoms with Gasteiger partial charge in [0.2, 0.25) is 5.91 Å². The summed E-state index contributed by atoms with van der Waals surface area (Å²) in [5.41, 5.74) is 1.62. The van der Waals surface area contributed by atoms with Crippen molar-refractivity contribution in [1.82, 2.24) is 15.5 Å². The van der Waals surface area contributed by atoms with Crippen molar-refractivity contribution in [3.8, 4) is 0 Å². The Labute approximate surface area is 154 Å². The van der Waals surface area contributed by atoms with Crippen LogP contribution in [-0.2, 0) is 22.5 Å². The molecule has 1 saturated carbocycles. The number of ether oxygens (including phenoxy) is 1. The van der Waals surface area contributed by atoms with E-state index in [0.717, 1.165) is 24.2 Å². The van der Waals surface area contributed by atoms with Crippen LogP contribution in [0.1, 0.15) is 31.9 Å². The van der Waals surface area contributed by atoms with Crippen molar-refractivity contribution in [2.45, 2.75) is 51.4 Å². The summed E-state index contributed by atoms with van der Waals surface area (Å²) in [5.74, 6) is 1.03. The highest BCUT2D eigenvalue weighted by Crippen LogP contribution is 2.41. The first-order valence-corrected chi connectivity index (χ1v) is 9.41. The fourth-order valence-corrected chi connectivity index (χ4v) is 4.16. The second kappa shape index (κ2) is 6.27. The first-order valence-electron chi connectivity index (χ1n) is 9.41. The summed E-state index contributed by atoms with van der Waals surface area (Å²) in [6.45, 7) is 7.88. The van der Waals surface area contributed by atoms with Gasteiger partial charge in [-0.15, -0.1) is 0 Å². The van der Waals surface area contributed by atoms with E-state index in [-0.39, 0.29) is 11.9 Å². The number of nitrogens with zero attached hydrogens (tertiary/aromatic N) is 1. The van der Waals surface area contributed by atoms with Crippen LogP contribution in [0.4, 0.5) is 4.79 Å². The Bertz CT molecular complexity index is 717. The van der Waals surface area contributed by atoms with Gasteiger partial charge in [0.15, 0.2) is 0 Å². The van der Waals surface area contributed by atoms with Crippen LogP contribution in [0.2, 0.25) is 0 Å². The summed E-state index contributed by atoms with van der Waals surface area (Å²) in [4.78, 5) is 27.3. The first-order chi connectivity index (χ1) is 12.3. The fourth-order valence-electron chi connectivity index (χ4n) is 4.16. The molecule has 0 bridgehead atoms. The molecule has 0 aromatic heterocycles. The van der Waals surface area contributed by atoms with E-state index >= 15 is 0 Å². The lowest BCUT2D eigenvalue weighted by Gasteiger charge is -2.37. The van der Waals surface area contributed by atoms with E-state index in [2.05, 4.69) is 10.6 Å². The third-order valence-electron chi connectivity index (χ3n) is 5.58. The highest BCUT2D eigenvalue weighted by Gasteiger charge is 2.54. The Morgan fingerprint density at radius 2 is 1.81 bits per heavy atom. The predicted molar refractivity (Wildman–Crippen MR) is 97.5 cm³/mol. The van der Waals surface area contributed by atoms with E-state index in [1.165, 1.54) is 0 Å². The number of amides is 2. The molecule has 26 heavy (non-hydrogen) atoms. The van der Waals surface area contributed by atoms with Gasteiger partial charge < -0.3 is 15.4 Å². The molecule has 4 rings (SSSR count). The van der Waals surface area contributed by atoms with Crippen LogP contribution in [0, 0.1) is 11.8 Å². The van der Waals surface area contributed by atoms with E-state index in [1.54, 1.807) is 4.90 Å². The molecule has 3 atom stereocenters. The van der Waals surface area contributed by atoms with Crippen LogP contribution in [-0.4, -0.2) is 47.7 Å². The minimum atomic E-state index is -0.589. The van der Waals surface area contributed by atoms with E-state index in [1.807, 2.05) is 45.0 Å². The van der Waals surface area contributed by atoms with Gasteiger partial charge in [-0.2, -0.15) is 0 Å². The van der Waals surface area contributed by atoms with Crippen LogP contribution in [0.15, 0.2) is 24.3 Å². The number of nitrogens with one attached hydrogen (secondary N) is 2. The summed E-state index contributed by atoms with van der Waals surface area (Å²) in [6.07, 6.45) is 0.103. The summed E-state index contributed by atoms with van der Waals surface area (Å²) in [5, 5.41) is 6.51. The van der Waals surface area contributed by atoms with Crippen LogP contribution < -0.4 is 10.6 Å². The van der Waals surface area contributed by atoms with Crippen LogP contribution in [0.3, 0.4) is 0 Å². The predicted octanol–water partition coefficient (Wildman–Crippen LogP) is 1.68. The highest BCUT2D eigenvalue weighted by molar-refractivity contribution is 5.87. The summed E-state index contributed by atoms with van der Waals surface area (Å²) in [7, 11) is 0. The first kappa shape index (κ1) is 17.3. The number of piperidine rings is 1. The van der Waals surface area contributed by atoms with Crippen LogP contribution in [0.5, 0.6) is 0 Å². The van der Waals surface area contributed by atoms with Crippen molar-refractivity contribution >= 4 is 12.0 Å². The maximum atomic E-state index is 13.0. The second-order valence-electron chi connectivity index (χ2n) is 8.62. The fraction of sp³-hybridized carbons (Fsp3) is 0.600. The number of carbonyl (C=O) groups excluding carboxylic acids is 2. The van der Waals surface area contributed by atoms with Gasteiger partial charge >= 0.3 is 6.09 Å². The average Bonchev–Trinajstić information content (AvgIpc) is 3.01. The van der Waals surface area contributed by atoms with Crippen LogP contribution in [0.25, 0.3) is 0 Å². The third-order valence-corrected chi connectivity index (χ3v) is 5.58. The Kier molecular flexibility index (Phi) is 4.18. The standard InChI is InChI=1S/C20H27N3O3/c1-20(2,3)26-19(25)23-11-13-7-5-4-6-12(13)8-16(23)18(24)22-17-14-9-21-10-15(14)17/h4-7,14-17,21H,8-11H2,1-3H3,(H,22,24). The van der Waals surface area contributed by atoms with Gasteiger partial charge in [0.25, 0.3) is 0 Å². The highest BCUT2D eigenvalue weighted by atomic mass is 16.6. The Morgan fingerprint density at radius 3 is 2.46 bits per heavy atom. The van der Waals surface area contributed by atoms with E-state index in [9.17, 15) is 9.59 Å². The molecule has 0 spiro atoms. The molecule has 1 aromatic carbocycles. The SMILES string of the molecule is CC(C)(C)OC(=O)N1Cc2ccccc2CC1C(=O)NC1C2CNCC21. The van der Waals surface area contributed by atoms with Crippen LogP contribution >= 0.6 is 0 Å². The molecule has 3 unspecified atom stereocenters. The minimum absolute atomic E-state index is 0.0650. The molecule has 1 aliphatic carbocycles. The summed E-state index contributed by atoms with van der Waals surface area (Å²) >= 11 is 0. The molecule has 6 heteroatoms. The Hall–Kier alpha value is -2.08. The zero-order chi connectivity index (χ0) is 18.5. The Balaban J connectivity index is 1.52. The lowest BCUT2D eigenvalue weighted by molar-refractivity contribution is -0.127. The number of hydrogen-bond donors (Lipinski definition) is 2. The molecular weight excluding hydrogens is 330 g/mol. The van der Waals surface area contributed by atoms with Gasteiger partial charge in [-0.1, -0.05) is 24.3 Å². The summed E-state index contributed by atoms with van der Waals surface area (Å²) < 4.78 is 5.56. The molecule has 2 fully saturated rings. The van der Waals surface area contributed by atoms with Gasteiger partial charge in [0.05, 0.1) is 6.54 Å². The largest absolute Gasteiger partial charge is 0.444 e. The zero-order valence-electron chi connectivity index (χ0n) is 15.6. The smallest absolute Gasteiger partial charge is 0.411 e. The van der Waals surface area contributed by atoms with Gasteiger partial charge in [-0.3, -0.25) is 9.69 Å². The van der Waals surface area contributed by atoms with Crippen molar-refractivity contribution < 1.29 is 14.3 Å². The number of carbonyl (C=O) groups is 2. The number of fused-ring (bicyclic) bond motifs is 2. The molecular formula is C20H27N3O3. The molecule has 2 aliphatic heterocycles. The van der Waals surface area contributed by atoms with E-state index < -0.39 is 17.7 Å². The van der Waals surface area contributed by atoms with Crippen molar-refractivity contribution in [3.63, 3.8) is 0 Å². The maximum Gasteiger partial charge on any atom is 0.411 e. The minimum Gasteiger partial charge on any atom is -0.444 e. The van der Waals surface area contributed by atoms with Crippen molar-refractivity contribution in [3.05, 3.63) is 35.4 Å². The molecule has 1 aromatic rings. The van der Waals surface area contributed by atoms with E-state index in [4.69, 9.17) is 4.74 Å². The maximum absolute atomic E-state index is 13.0. The van der Waals surface area contributed by atoms with E-state index in [0.29, 0.717) is 24.8 Å². The number of benzene rings is 1. The monoisotopic (exact) mass is 357 g/mol. The third kappa shape index (κ3) is 3.30. The van der Waals surface area contributed by atoms with Gasteiger partial charge in [-0.25, -0.2) is 4.79 Å². The van der Waals surface area contributed by atoms with Gasteiger partial charge in [-0.05, 0) is 43.7 Å². The molecule has 2 amide bonds. The molecule has 2 heterocycles. The zero-order valence-corrected chi connectivity index (χ0v) is 15.6. The average molecular weight is 357 g/mol. The van der Waals surface area contributed by atoms with Crippen molar-refractivity contribution in [2.24, 2.45) is 11.8 Å². The molecule has 2 N–H and O–H groups in total.